The molecule has 4 rings (SSSR count). The van der Waals surface area contributed by atoms with E-state index in [1.807, 2.05) is 19.1 Å². The minimum atomic E-state index is 0.883. The molecule has 3 heterocycles. The third-order valence-corrected chi connectivity index (χ3v) is 4.28. The molecule has 1 saturated heterocycles. The molecular weight excluding hydrogens is 262 g/mol. The van der Waals surface area contributed by atoms with E-state index in [0.717, 1.165) is 41.4 Å². The first-order chi connectivity index (χ1) is 10.3. The van der Waals surface area contributed by atoms with Gasteiger partial charge in [-0.05, 0) is 31.9 Å². The first-order valence-corrected chi connectivity index (χ1v) is 7.70. The van der Waals surface area contributed by atoms with E-state index in [4.69, 9.17) is 4.98 Å². The molecule has 3 aromatic rings. The predicted molar refractivity (Wildman–Crippen MR) is 83.7 cm³/mol. The lowest BCUT2D eigenvalue weighted by Crippen LogP contribution is -2.25. The summed E-state index contributed by atoms with van der Waals surface area (Å²) in [5.41, 5.74) is 2.97. The van der Waals surface area contributed by atoms with Gasteiger partial charge in [0.2, 0.25) is 5.65 Å². The highest BCUT2D eigenvalue weighted by molar-refractivity contribution is 5.83. The molecule has 5 nitrogen and oxygen atoms in total. The van der Waals surface area contributed by atoms with Crippen molar-refractivity contribution in [3.05, 3.63) is 30.1 Å². The van der Waals surface area contributed by atoms with Crippen LogP contribution in [0, 0.1) is 6.92 Å². The minimum absolute atomic E-state index is 0.883. The van der Waals surface area contributed by atoms with Gasteiger partial charge in [-0.1, -0.05) is 25.0 Å². The number of hydrogen-bond donors (Lipinski definition) is 0. The van der Waals surface area contributed by atoms with E-state index in [-0.39, 0.29) is 0 Å². The molecule has 1 aliphatic heterocycles. The van der Waals surface area contributed by atoms with Crippen molar-refractivity contribution in [2.24, 2.45) is 0 Å². The van der Waals surface area contributed by atoms with Crippen molar-refractivity contribution in [2.75, 3.05) is 18.0 Å². The standard InChI is InChI=1S/C16H19N5/c1-12-18-19-16-15(20-10-6-2-3-7-11-20)17-13-8-4-5-9-14(13)21(12)16/h4-5,8-9H,2-3,6-7,10-11H2,1H3. The fourth-order valence-corrected chi connectivity index (χ4v) is 3.20. The summed E-state index contributed by atoms with van der Waals surface area (Å²) < 4.78 is 2.13. The summed E-state index contributed by atoms with van der Waals surface area (Å²) in [6.07, 6.45) is 5.08. The first-order valence-electron chi connectivity index (χ1n) is 7.70. The van der Waals surface area contributed by atoms with Gasteiger partial charge in [0.05, 0.1) is 11.0 Å². The lowest BCUT2D eigenvalue weighted by molar-refractivity contribution is 0.726. The van der Waals surface area contributed by atoms with Crippen LogP contribution in [0.3, 0.4) is 0 Å². The van der Waals surface area contributed by atoms with Gasteiger partial charge in [0.25, 0.3) is 0 Å². The maximum absolute atomic E-state index is 4.88. The summed E-state index contributed by atoms with van der Waals surface area (Å²) in [6.45, 7) is 4.12. The van der Waals surface area contributed by atoms with Crippen molar-refractivity contribution in [2.45, 2.75) is 32.6 Å². The van der Waals surface area contributed by atoms with E-state index in [1.54, 1.807) is 0 Å². The Bertz CT molecular complexity index is 784. The number of para-hydroxylation sites is 2. The number of benzene rings is 1. The van der Waals surface area contributed by atoms with Crippen LogP contribution in [-0.4, -0.2) is 32.7 Å². The van der Waals surface area contributed by atoms with E-state index < -0.39 is 0 Å². The quantitative estimate of drug-likeness (QED) is 0.688. The molecule has 21 heavy (non-hydrogen) atoms. The summed E-state index contributed by atoms with van der Waals surface area (Å²) in [7, 11) is 0. The molecule has 0 N–H and O–H groups in total. The second kappa shape index (κ2) is 4.98. The normalized spacial score (nSPS) is 16.5. The van der Waals surface area contributed by atoms with Crippen molar-refractivity contribution < 1.29 is 0 Å². The second-order valence-electron chi connectivity index (χ2n) is 5.73. The molecule has 1 aromatic carbocycles. The van der Waals surface area contributed by atoms with Gasteiger partial charge in [-0.15, -0.1) is 10.2 Å². The fraction of sp³-hybridized carbons (Fsp3) is 0.438. The molecule has 0 aliphatic carbocycles. The highest BCUT2D eigenvalue weighted by Crippen LogP contribution is 2.26. The Kier molecular flexibility index (Phi) is 2.98. The zero-order chi connectivity index (χ0) is 14.2. The third kappa shape index (κ3) is 2.04. The van der Waals surface area contributed by atoms with Gasteiger partial charge >= 0.3 is 0 Å². The smallest absolute Gasteiger partial charge is 0.204 e. The van der Waals surface area contributed by atoms with Crippen LogP contribution >= 0.6 is 0 Å². The molecule has 1 aliphatic rings. The number of nitrogens with zero attached hydrogens (tertiary/aromatic N) is 5. The molecule has 0 atom stereocenters. The van der Waals surface area contributed by atoms with E-state index in [1.165, 1.54) is 25.7 Å². The SMILES string of the molecule is Cc1nnc2c(N3CCCCCC3)nc3ccccc3n12. The lowest BCUT2D eigenvalue weighted by Gasteiger charge is -2.22. The zero-order valence-electron chi connectivity index (χ0n) is 12.3. The number of aromatic nitrogens is 4. The Labute approximate surface area is 123 Å². The molecule has 0 bridgehead atoms. The third-order valence-electron chi connectivity index (χ3n) is 4.28. The number of aryl methyl sites for hydroxylation is 1. The van der Waals surface area contributed by atoms with Crippen molar-refractivity contribution >= 4 is 22.5 Å². The summed E-state index contributed by atoms with van der Waals surface area (Å²) in [6, 6.07) is 8.22. The van der Waals surface area contributed by atoms with Crippen molar-refractivity contribution in [1.82, 2.24) is 19.6 Å². The van der Waals surface area contributed by atoms with Crippen LogP contribution < -0.4 is 4.90 Å². The van der Waals surface area contributed by atoms with Gasteiger partial charge in [-0.2, -0.15) is 0 Å². The molecule has 0 unspecified atom stereocenters. The molecule has 5 heteroatoms. The van der Waals surface area contributed by atoms with Gasteiger partial charge in [0.1, 0.15) is 5.82 Å². The van der Waals surface area contributed by atoms with Crippen molar-refractivity contribution in [3.63, 3.8) is 0 Å². The Balaban J connectivity index is 1.98. The summed E-state index contributed by atoms with van der Waals surface area (Å²) in [4.78, 5) is 7.26. The van der Waals surface area contributed by atoms with E-state index in [0.29, 0.717) is 0 Å². The second-order valence-corrected chi connectivity index (χ2v) is 5.73. The molecular formula is C16H19N5. The van der Waals surface area contributed by atoms with Gasteiger partial charge in [-0.3, -0.25) is 4.40 Å². The maximum Gasteiger partial charge on any atom is 0.204 e. The summed E-state index contributed by atoms with van der Waals surface area (Å²) >= 11 is 0. The Hall–Kier alpha value is -2.17. The molecule has 2 aromatic heterocycles. The Morgan fingerprint density at radius 3 is 2.52 bits per heavy atom. The summed E-state index contributed by atoms with van der Waals surface area (Å²) in [5, 5.41) is 8.65. The zero-order valence-corrected chi connectivity index (χ0v) is 12.3. The number of rotatable bonds is 1. The molecule has 1 fully saturated rings. The predicted octanol–water partition coefficient (Wildman–Crippen LogP) is 2.97. The van der Waals surface area contributed by atoms with Gasteiger partial charge in [-0.25, -0.2) is 4.98 Å². The average Bonchev–Trinajstić information content (AvgIpc) is 2.74. The largest absolute Gasteiger partial charge is 0.353 e. The lowest BCUT2D eigenvalue weighted by atomic mass is 10.2. The monoisotopic (exact) mass is 281 g/mol. The minimum Gasteiger partial charge on any atom is -0.353 e. The molecule has 0 spiro atoms. The summed E-state index contributed by atoms with van der Waals surface area (Å²) in [5.74, 6) is 1.90. The van der Waals surface area contributed by atoms with Crippen LogP contribution in [0.5, 0.6) is 0 Å². The van der Waals surface area contributed by atoms with Crippen molar-refractivity contribution in [1.29, 1.82) is 0 Å². The van der Waals surface area contributed by atoms with Crippen LogP contribution in [0.15, 0.2) is 24.3 Å². The van der Waals surface area contributed by atoms with E-state index in [9.17, 15) is 0 Å². The first kappa shape index (κ1) is 12.6. The van der Waals surface area contributed by atoms with Crippen LogP contribution in [0.1, 0.15) is 31.5 Å². The maximum atomic E-state index is 4.88. The highest BCUT2D eigenvalue weighted by Gasteiger charge is 2.19. The van der Waals surface area contributed by atoms with Crippen LogP contribution in [0.2, 0.25) is 0 Å². The topological polar surface area (TPSA) is 46.3 Å². The molecule has 0 saturated carbocycles. The molecule has 0 radical (unpaired) electrons. The van der Waals surface area contributed by atoms with Crippen LogP contribution in [0.25, 0.3) is 16.7 Å². The van der Waals surface area contributed by atoms with Crippen molar-refractivity contribution in [3.8, 4) is 0 Å². The van der Waals surface area contributed by atoms with Gasteiger partial charge < -0.3 is 4.90 Å². The van der Waals surface area contributed by atoms with E-state index >= 15 is 0 Å². The van der Waals surface area contributed by atoms with Gasteiger partial charge in [0.15, 0.2) is 5.82 Å². The van der Waals surface area contributed by atoms with E-state index in [2.05, 4.69) is 31.6 Å². The Morgan fingerprint density at radius 1 is 0.952 bits per heavy atom. The number of hydrogen-bond acceptors (Lipinski definition) is 4. The number of fused-ring (bicyclic) bond motifs is 3. The number of anilines is 1. The molecule has 0 amide bonds. The van der Waals surface area contributed by atoms with Crippen LogP contribution in [-0.2, 0) is 0 Å². The average molecular weight is 281 g/mol. The van der Waals surface area contributed by atoms with Gasteiger partial charge in [0, 0.05) is 13.1 Å². The molecule has 108 valence electrons. The van der Waals surface area contributed by atoms with Crippen LogP contribution in [0.4, 0.5) is 5.82 Å². The fourth-order valence-electron chi connectivity index (χ4n) is 3.20. The highest BCUT2D eigenvalue weighted by atomic mass is 15.3. The Morgan fingerprint density at radius 2 is 1.71 bits per heavy atom.